The maximum absolute atomic E-state index is 12.8. The Kier molecular flexibility index (Phi) is 5.09. The number of carbonyl (C=O) groups excluding carboxylic acids is 2. The first-order valence-corrected chi connectivity index (χ1v) is 9.98. The SMILES string of the molecule is COC(=O)Cn1c(=NC(=O)c2cc(=O)c3ccccc3o2)sc2cc(C)cc(C)c21. The molecule has 4 aromatic rings. The van der Waals surface area contributed by atoms with E-state index in [1.807, 2.05) is 26.0 Å². The van der Waals surface area contributed by atoms with E-state index >= 15 is 0 Å². The van der Waals surface area contributed by atoms with Gasteiger partial charge in [-0.2, -0.15) is 4.99 Å². The molecule has 0 atom stereocenters. The molecule has 0 unspecified atom stereocenters. The lowest BCUT2D eigenvalue weighted by atomic mass is 10.1. The Hall–Kier alpha value is -3.52. The molecule has 1 amide bonds. The minimum atomic E-state index is -0.697. The van der Waals surface area contributed by atoms with E-state index in [9.17, 15) is 14.4 Å². The third-order valence-electron chi connectivity index (χ3n) is 4.67. The highest BCUT2D eigenvalue weighted by atomic mass is 32.1. The van der Waals surface area contributed by atoms with Gasteiger partial charge in [0.2, 0.25) is 0 Å². The number of aromatic nitrogens is 1. The number of esters is 1. The highest BCUT2D eigenvalue weighted by Crippen LogP contribution is 2.23. The molecule has 0 spiro atoms. The van der Waals surface area contributed by atoms with Gasteiger partial charge in [0.25, 0.3) is 0 Å². The van der Waals surface area contributed by atoms with Gasteiger partial charge in [0.15, 0.2) is 16.0 Å². The Morgan fingerprint density at radius 1 is 1.17 bits per heavy atom. The van der Waals surface area contributed by atoms with Gasteiger partial charge in [-0.05, 0) is 43.2 Å². The van der Waals surface area contributed by atoms with Crippen LogP contribution in [0.25, 0.3) is 21.2 Å². The number of nitrogens with zero attached hydrogens (tertiary/aromatic N) is 2. The van der Waals surface area contributed by atoms with E-state index in [1.165, 1.54) is 18.4 Å². The molecule has 152 valence electrons. The Morgan fingerprint density at radius 2 is 1.93 bits per heavy atom. The molecule has 0 radical (unpaired) electrons. The fourth-order valence-corrected chi connectivity index (χ4v) is 4.57. The highest BCUT2D eigenvalue weighted by molar-refractivity contribution is 7.16. The quantitative estimate of drug-likeness (QED) is 0.472. The minimum absolute atomic E-state index is 0.0891. The van der Waals surface area contributed by atoms with Gasteiger partial charge in [0.05, 0.1) is 22.7 Å². The number of carbonyl (C=O) groups is 2. The molecule has 30 heavy (non-hydrogen) atoms. The summed E-state index contributed by atoms with van der Waals surface area (Å²) in [6.07, 6.45) is 0. The molecule has 0 fully saturated rings. The summed E-state index contributed by atoms with van der Waals surface area (Å²) in [5.74, 6) is -1.31. The molecule has 0 bridgehead atoms. The normalized spacial score (nSPS) is 11.9. The van der Waals surface area contributed by atoms with Crippen LogP contribution in [0.2, 0.25) is 0 Å². The second-order valence-corrected chi connectivity index (χ2v) is 7.87. The van der Waals surface area contributed by atoms with Gasteiger partial charge in [-0.1, -0.05) is 29.5 Å². The standard InChI is InChI=1S/C22H18N2O5S/c1-12-8-13(2)20-18(9-12)30-22(24(20)11-19(26)28-3)23-21(27)17-10-15(25)14-6-4-5-7-16(14)29-17/h4-10H,11H2,1-3H3. The monoisotopic (exact) mass is 422 g/mol. The van der Waals surface area contributed by atoms with Crippen molar-refractivity contribution in [1.82, 2.24) is 4.57 Å². The van der Waals surface area contributed by atoms with Crippen LogP contribution >= 0.6 is 11.3 Å². The second-order valence-electron chi connectivity index (χ2n) is 6.86. The fraction of sp³-hybridized carbons (Fsp3) is 0.182. The first-order valence-electron chi connectivity index (χ1n) is 9.16. The van der Waals surface area contributed by atoms with Gasteiger partial charge in [-0.15, -0.1) is 0 Å². The van der Waals surface area contributed by atoms with Crippen LogP contribution in [-0.4, -0.2) is 23.6 Å². The molecule has 7 nitrogen and oxygen atoms in total. The number of hydrogen-bond acceptors (Lipinski definition) is 6. The van der Waals surface area contributed by atoms with E-state index in [-0.39, 0.29) is 17.7 Å². The van der Waals surface area contributed by atoms with Gasteiger partial charge in [0, 0.05) is 6.07 Å². The van der Waals surface area contributed by atoms with E-state index in [0.29, 0.717) is 15.8 Å². The maximum atomic E-state index is 12.8. The van der Waals surface area contributed by atoms with Crippen LogP contribution in [0.3, 0.4) is 0 Å². The van der Waals surface area contributed by atoms with E-state index in [4.69, 9.17) is 9.15 Å². The molecule has 4 rings (SSSR count). The van der Waals surface area contributed by atoms with Crippen molar-refractivity contribution in [1.29, 1.82) is 0 Å². The average molecular weight is 422 g/mol. The number of methoxy groups -OCH3 is 1. The number of aryl methyl sites for hydroxylation is 2. The fourth-order valence-electron chi connectivity index (χ4n) is 3.37. The van der Waals surface area contributed by atoms with Crippen molar-refractivity contribution in [2.45, 2.75) is 20.4 Å². The maximum Gasteiger partial charge on any atom is 0.325 e. The second kappa shape index (κ2) is 7.72. The Morgan fingerprint density at radius 3 is 2.70 bits per heavy atom. The smallest absolute Gasteiger partial charge is 0.325 e. The molecular weight excluding hydrogens is 404 g/mol. The number of para-hydroxylation sites is 1. The van der Waals surface area contributed by atoms with E-state index < -0.39 is 11.9 Å². The lowest BCUT2D eigenvalue weighted by Crippen LogP contribution is -2.23. The molecule has 2 aromatic heterocycles. The number of benzene rings is 2. The average Bonchev–Trinajstić information content (AvgIpc) is 3.04. The number of ether oxygens (including phenoxy) is 1. The summed E-state index contributed by atoms with van der Waals surface area (Å²) in [6.45, 7) is 3.82. The predicted octanol–water partition coefficient (Wildman–Crippen LogP) is 3.34. The van der Waals surface area contributed by atoms with Crippen molar-refractivity contribution in [3.8, 4) is 0 Å². The zero-order valence-electron chi connectivity index (χ0n) is 16.6. The Labute approximate surface area is 174 Å². The lowest BCUT2D eigenvalue weighted by Gasteiger charge is -2.06. The number of rotatable bonds is 3. The zero-order chi connectivity index (χ0) is 21.4. The van der Waals surface area contributed by atoms with Crippen molar-refractivity contribution in [2.24, 2.45) is 4.99 Å². The molecular formula is C22H18N2O5S. The molecule has 0 saturated heterocycles. The van der Waals surface area contributed by atoms with Gasteiger partial charge in [0.1, 0.15) is 12.1 Å². The topological polar surface area (TPSA) is 90.9 Å². The lowest BCUT2D eigenvalue weighted by molar-refractivity contribution is -0.141. The molecule has 0 N–H and O–H groups in total. The molecule has 2 heterocycles. The van der Waals surface area contributed by atoms with E-state index in [2.05, 4.69) is 4.99 Å². The van der Waals surface area contributed by atoms with E-state index in [0.717, 1.165) is 27.4 Å². The molecule has 0 saturated carbocycles. The van der Waals surface area contributed by atoms with Crippen molar-refractivity contribution in [3.63, 3.8) is 0 Å². The number of amides is 1. The van der Waals surface area contributed by atoms with Crippen LogP contribution in [0.15, 0.2) is 56.7 Å². The Balaban J connectivity index is 1.90. The summed E-state index contributed by atoms with van der Waals surface area (Å²) in [4.78, 5) is 41.6. The van der Waals surface area contributed by atoms with Crippen molar-refractivity contribution < 1.29 is 18.7 Å². The highest BCUT2D eigenvalue weighted by Gasteiger charge is 2.16. The number of fused-ring (bicyclic) bond motifs is 2. The summed E-state index contributed by atoms with van der Waals surface area (Å²) >= 11 is 1.28. The largest absolute Gasteiger partial charge is 0.468 e. The van der Waals surface area contributed by atoms with Gasteiger partial charge in [-0.3, -0.25) is 14.4 Å². The van der Waals surface area contributed by atoms with E-state index in [1.54, 1.807) is 28.8 Å². The molecule has 0 aliphatic carbocycles. The molecule has 8 heteroatoms. The molecule has 0 aliphatic rings. The Bertz CT molecular complexity index is 1440. The van der Waals surface area contributed by atoms with Crippen LogP contribution < -0.4 is 10.2 Å². The van der Waals surface area contributed by atoms with Crippen LogP contribution in [-0.2, 0) is 16.1 Å². The molecule has 0 aliphatic heterocycles. The van der Waals surface area contributed by atoms with Crippen molar-refractivity contribution in [3.05, 3.63) is 74.4 Å². The summed E-state index contributed by atoms with van der Waals surface area (Å²) in [5.41, 5.74) is 2.82. The minimum Gasteiger partial charge on any atom is -0.468 e. The summed E-state index contributed by atoms with van der Waals surface area (Å²) in [6, 6.07) is 11.8. The van der Waals surface area contributed by atoms with Crippen LogP contribution in [0, 0.1) is 13.8 Å². The number of hydrogen-bond donors (Lipinski definition) is 0. The van der Waals surface area contributed by atoms with Crippen LogP contribution in [0.4, 0.5) is 0 Å². The zero-order valence-corrected chi connectivity index (χ0v) is 17.4. The number of thiazole rings is 1. The summed E-state index contributed by atoms with van der Waals surface area (Å²) < 4.78 is 12.9. The third-order valence-corrected chi connectivity index (χ3v) is 5.69. The van der Waals surface area contributed by atoms with Gasteiger partial charge in [-0.25, -0.2) is 0 Å². The third kappa shape index (κ3) is 3.57. The first kappa shape index (κ1) is 19.8. The summed E-state index contributed by atoms with van der Waals surface area (Å²) in [7, 11) is 1.31. The van der Waals surface area contributed by atoms with Crippen molar-refractivity contribution in [2.75, 3.05) is 7.11 Å². The van der Waals surface area contributed by atoms with Crippen molar-refractivity contribution >= 4 is 44.4 Å². The molecule has 2 aromatic carbocycles. The van der Waals surface area contributed by atoms with Gasteiger partial charge < -0.3 is 13.7 Å². The van der Waals surface area contributed by atoms with Gasteiger partial charge >= 0.3 is 11.9 Å². The summed E-state index contributed by atoms with van der Waals surface area (Å²) in [5, 5.41) is 0.391. The first-order chi connectivity index (χ1) is 14.4. The van der Waals surface area contributed by atoms with Crippen LogP contribution in [0.1, 0.15) is 21.7 Å². The predicted molar refractivity (Wildman–Crippen MR) is 114 cm³/mol. The van der Waals surface area contributed by atoms with Crippen LogP contribution in [0.5, 0.6) is 0 Å².